The molecule has 0 bridgehead atoms. The van der Waals surface area contributed by atoms with E-state index in [-0.39, 0.29) is 5.56 Å². The van der Waals surface area contributed by atoms with Crippen molar-refractivity contribution in [1.29, 1.82) is 0 Å². The molecule has 0 heterocycles. The number of hydrogen-bond acceptors (Lipinski definition) is 2. The molecule has 168 valence electrons. The van der Waals surface area contributed by atoms with Crippen molar-refractivity contribution in [3.05, 3.63) is 102 Å². The van der Waals surface area contributed by atoms with Crippen LogP contribution in [-0.4, -0.2) is 17.7 Å². The van der Waals surface area contributed by atoms with Crippen LogP contribution in [0.25, 0.3) is 22.3 Å². The van der Waals surface area contributed by atoms with E-state index in [4.69, 9.17) is 4.74 Å². The quantitative estimate of drug-likeness (QED) is 0.327. The lowest BCUT2D eigenvalue weighted by Crippen LogP contribution is -2.02. The maximum Gasteiger partial charge on any atom is 0.336 e. The van der Waals surface area contributed by atoms with E-state index in [1.54, 1.807) is 12.1 Å². The van der Waals surface area contributed by atoms with Gasteiger partial charge in [0.15, 0.2) is 0 Å². The molecule has 3 heteroatoms. The Hall–Kier alpha value is -3.59. The van der Waals surface area contributed by atoms with Gasteiger partial charge in [-0.05, 0) is 52.4 Å². The van der Waals surface area contributed by atoms with Crippen molar-refractivity contribution in [2.45, 2.75) is 38.5 Å². The molecular formula is C30H30O3. The number of carbonyl (C=O) groups is 1. The third-order valence-electron chi connectivity index (χ3n) is 6.06. The lowest BCUT2D eigenvalue weighted by atomic mass is 9.95. The van der Waals surface area contributed by atoms with Crippen molar-refractivity contribution < 1.29 is 14.6 Å². The number of carboxylic acid groups (broad SMARTS) is 1. The molecule has 0 aliphatic heterocycles. The Labute approximate surface area is 196 Å². The summed E-state index contributed by atoms with van der Waals surface area (Å²) >= 11 is 0. The number of ether oxygens (including phenoxy) is 1. The minimum absolute atomic E-state index is 0.281. The van der Waals surface area contributed by atoms with E-state index in [9.17, 15) is 9.90 Å². The minimum atomic E-state index is -0.936. The average Bonchev–Trinajstić information content (AvgIpc) is 3.39. The van der Waals surface area contributed by atoms with Gasteiger partial charge in [-0.25, -0.2) is 4.79 Å². The second-order valence-corrected chi connectivity index (χ2v) is 8.42. The first-order chi connectivity index (χ1) is 16.2. The average molecular weight is 439 g/mol. The van der Waals surface area contributed by atoms with Crippen molar-refractivity contribution >= 4 is 5.97 Å². The number of unbranched alkanes of at least 4 members (excludes halogenated alkanes) is 3. The van der Waals surface area contributed by atoms with Gasteiger partial charge in [-0.1, -0.05) is 99.0 Å². The highest BCUT2D eigenvalue weighted by atomic mass is 16.5. The first-order valence-electron chi connectivity index (χ1n) is 11.7. The van der Waals surface area contributed by atoms with E-state index in [0.717, 1.165) is 29.5 Å². The maximum atomic E-state index is 11.8. The molecule has 4 rings (SSSR count). The zero-order chi connectivity index (χ0) is 23.0. The fourth-order valence-electron chi connectivity index (χ4n) is 4.15. The molecule has 0 fully saturated rings. The first-order valence-corrected chi connectivity index (χ1v) is 11.7. The molecule has 0 amide bonds. The molecule has 33 heavy (non-hydrogen) atoms. The predicted molar refractivity (Wildman–Crippen MR) is 135 cm³/mol. The maximum absolute atomic E-state index is 11.8. The Kier molecular flexibility index (Phi) is 7.41. The monoisotopic (exact) mass is 438 g/mol. The van der Waals surface area contributed by atoms with Crippen LogP contribution in [0, 0.1) is 0 Å². The van der Waals surface area contributed by atoms with Gasteiger partial charge in [0.25, 0.3) is 0 Å². The number of carboxylic acids is 1. The van der Waals surface area contributed by atoms with Gasteiger partial charge < -0.3 is 9.84 Å². The second-order valence-electron chi connectivity index (χ2n) is 8.42. The van der Waals surface area contributed by atoms with Crippen molar-refractivity contribution in [3.8, 4) is 28.0 Å². The molecule has 1 aliphatic rings. The summed E-state index contributed by atoms with van der Waals surface area (Å²) in [5.41, 5.74) is 5.34. The number of allylic oxidation sites excluding steroid dienone is 4. The molecule has 0 unspecified atom stereocenters. The highest BCUT2D eigenvalue weighted by Gasteiger charge is 2.14. The van der Waals surface area contributed by atoms with Gasteiger partial charge in [-0.3, -0.25) is 0 Å². The summed E-state index contributed by atoms with van der Waals surface area (Å²) < 4.78 is 5.89. The van der Waals surface area contributed by atoms with Crippen LogP contribution in [0.15, 0.2) is 91.0 Å². The van der Waals surface area contributed by atoms with Gasteiger partial charge in [0, 0.05) is 5.92 Å². The van der Waals surface area contributed by atoms with Gasteiger partial charge in [0.2, 0.25) is 0 Å². The van der Waals surface area contributed by atoms with E-state index in [2.05, 4.69) is 55.5 Å². The van der Waals surface area contributed by atoms with Crippen molar-refractivity contribution in [2.75, 3.05) is 6.61 Å². The molecule has 3 aromatic rings. The Bertz CT molecular complexity index is 1130. The highest BCUT2D eigenvalue weighted by Crippen LogP contribution is 2.31. The smallest absolute Gasteiger partial charge is 0.336 e. The van der Waals surface area contributed by atoms with Crippen LogP contribution in [0.5, 0.6) is 5.75 Å². The van der Waals surface area contributed by atoms with Crippen LogP contribution in [0.4, 0.5) is 0 Å². The van der Waals surface area contributed by atoms with Crippen LogP contribution in [0.1, 0.15) is 54.4 Å². The summed E-state index contributed by atoms with van der Waals surface area (Å²) in [5, 5.41) is 9.69. The highest BCUT2D eigenvalue weighted by molar-refractivity contribution is 5.96. The summed E-state index contributed by atoms with van der Waals surface area (Å²) in [4.78, 5) is 11.8. The number of benzene rings is 3. The van der Waals surface area contributed by atoms with E-state index < -0.39 is 5.97 Å². The van der Waals surface area contributed by atoms with E-state index in [1.807, 2.05) is 30.3 Å². The topological polar surface area (TPSA) is 46.5 Å². The summed E-state index contributed by atoms with van der Waals surface area (Å²) in [7, 11) is 0. The normalized spacial score (nSPS) is 12.9. The van der Waals surface area contributed by atoms with Gasteiger partial charge in [0.1, 0.15) is 5.75 Å². The fourth-order valence-corrected chi connectivity index (χ4v) is 4.15. The van der Waals surface area contributed by atoms with Gasteiger partial charge in [-0.15, -0.1) is 0 Å². The van der Waals surface area contributed by atoms with Crippen LogP contribution in [0.2, 0.25) is 0 Å². The van der Waals surface area contributed by atoms with Gasteiger partial charge in [0.05, 0.1) is 12.2 Å². The van der Waals surface area contributed by atoms with Crippen molar-refractivity contribution in [3.63, 3.8) is 0 Å². The third kappa shape index (κ3) is 5.61. The zero-order valence-electron chi connectivity index (χ0n) is 19.0. The molecule has 0 atom stereocenters. The van der Waals surface area contributed by atoms with Crippen molar-refractivity contribution in [1.82, 2.24) is 0 Å². The van der Waals surface area contributed by atoms with Crippen LogP contribution in [0.3, 0.4) is 0 Å². The molecule has 1 aliphatic carbocycles. The van der Waals surface area contributed by atoms with Crippen molar-refractivity contribution in [2.24, 2.45) is 0 Å². The van der Waals surface area contributed by atoms with Crippen LogP contribution in [-0.2, 0) is 0 Å². The zero-order valence-corrected chi connectivity index (χ0v) is 19.0. The molecule has 0 spiro atoms. The number of rotatable bonds is 10. The number of aromatic carboxylic acids is 1. The lowest BCUT2D eigenvalue weighted by molar-refractivity contribution is 0.0697. The molecular weight excluding hydrogens is 408 g/mol. The van der Waals surface area contributed by atoms with E-state index in [1.165, 1.54) is 18.4 Å². The molecule has 1 N–H and O–H groups in total. The van der Waals surface area contributed by atoms with Crippen LogP contribution >= 0.6 is 0 Å². The minimum Gasteiger partial charge on any atom is -0.494 e. The summed E-state index contributed by atoms with van der Waals surface area (Å²) in [6.07, 6.45) is 13.1. The second kappa shape index (κ2) is 10.8. The lowest BCUT2D eigenvalue weighted by Gasteiger charge is -2.12. The van der Waals surface area contributed by atoms with Gasteiger partial charge >= 0.3 is 5.97 Å². The molecule has 0 saturated heterocycles. The summed E-state index contributed by atoms with van der Waals surface area (Å²) in [5.74, 6) is 0.132. The molecule has 0 saturated carbocycles. The third-order valence-corrected chi connectivity index (χ3v) is 6.06. The van der Waals surface area contributed by atoms with Gasteiger partial charge in [-0.2, -0.15) is 0 Å². The summed E-state index contributed by atoms with van der Waals surface area (Å²) in [6, 6.07) is 21.9. The summed E-state index contributed by atoms with van der Waals surface area (Å²) in [6.45, 7) is 2.83. The molecule has 0 radical (unpaired) electrons. The Morgan fingerprint density at radius 3 is 2.09 bits per heavy atom. The Morgan fingerprint density at radius 2 is 1.45 bits per heavy atom. The number of hydrogen-bond donors (Lipinski definition) is 1. The largest absolute Gasteiger partial charge is 0.494 e. The molecule has 0 aromatic heterocycles. The fraction of sp³-hybridized carbons (Fsp3) is 0.233. The SMILES string of the molecule is CCCCCCOc1ccc(C(=O)O)c(-c2ccc(-c3ccc(C4C=CC=C4)cc3)cc2)c1. The van der Waals surface area contributed by atoms with E-state index >= 15 is 0 Å². The predicted octanol–water partition coefficient (Wildman–Crippen LogP) is 7.89. The molecule has 3 aromatic carbocycles. The molecule has 3 nitrogen and oxygen atoms in total. The Balaban J connectivity index is 1.52. The standard InChI is InChI=1S/C30H30O3/c1-2-3-4-7-20-33-27-18-19-28(30(31)32)29(21-27)26-16-14-25(15-17-26)24-12-10-23(11-13-24)22-8-5-6-9-22/h5-6,8-19,21-22H,2-4,7,20H2,1H3,(H,31,32). The first kappa shape index (κ1) is 22.6. The van der Waals surface area contributed by atoms with E-state index in [0.29, 0.717) is 23.8 Å². The Morgan fingerprint density at radius 1 is 0.818 bits per heavy atom. The van der Waals surface area contributed by atoms with Crippen LogP contribution < -0.4 is 4.74 Å².